The van der Waals surface area contributed by atoms with E-state index < -0.39 is 12.3 Å². The third-order valence-corrected chi connectivity index (χ3v) is 4.24. The minimum absolute atomic E-state index is 0.156. The molecule has 0 aliphatic heterocycles. The molecule has 1 aliphatic rings. The molecule has 0 bridgehead atoms. The van der Waals surface area contributed by atoms with E-state index in [1.165, 1.54) is 0 Å². The number of nitrogens with zero attached hydrogens (tertiary/aromatic N) is 2. The van der Waals surface area contributed by atoms with Gasteiger partial charge in [-0.1, -0.05) is 20.8 Å². The Morgan fingerprint density at radius 1 is 1.16 bits per heavy atom. The van der Waals surface area contributed by atoms with Crippen molar-refractivity contribution in [2.45, 2.75) is 64.1 Å². The molecule has 0 unspecified atom stereocenters. The molecule has 0 amide bonds. The molecule has 0 radical (unpaired) electrons. The largest absolute Gasteiger partial charge is 0.481 e. The zero-order valence-corrected chi connectivity index (χ0v) is 14.7. The van der Waals surface area contributed by atoms with Crippen LogP contribution in [0.2, 0.25) is 0 Å². The van der Waals surface area contributed by atoms with Gasteiger partial charge in [0.25, 0.3) is 0 Å². The van der Waals surface area contributed by atoms with Gasteiger partial charge < -0.3 is 9.72 Å². The number of hydrogen-bond acceptors (Lipinski definition) is 3. The quantitative estimate of drug-likeness (QED) is 0.844. The summed E-state index contributed by atoms with van der Waals surface area (Å²) in [6.45, 7) is 7.10. The topological polar surface area (TPSA) is 50.8 Å². The first-order valence-corrected chi connectivity index (χ1v) is 8.35. The number of hydrogen-bond donors (Lipinski definition) is 1. The number of nitrogens with one attached hydrogen (secondary N) is 1. The van der Waals surface area contributed by atoms with Gasteiger partial charge in [0, 0.05) is 23.2 Å². The van der Waals surface area contributed by atoms with Crippen LogP contribution in [0.25, 0.3) is 11.4 Å². The van der Waals surface area contributed by atoms with E-state index in [-0.39, 0.29) is 17.1 Å². The summed E-state index contributed by atoms with van der Waals surface area (Å²) in [4.78, 5) is 11.9. The van der Waals surface area contributed by atoms with Crippen molar-refractivity contribution in [2.24, 2.45) is 0 Å². The molecule has 2 aromatic heterocycles. The average Bonchev–Trinajstić information content (AvgIpc) is 3.20. The maximum Gasteiger partial charge on any atom is 0.425 e. The molecule has 1 aliphatic carbocycles. The molecule has 1 N–H and O–H groups in total. The summed E-state index contributed by atoms with van der Waals surface area (Å²) in [7, 11) is 0. The smallest absolute Gasteiger partial charge is 0.425 e. The summed E-state index contributed by atoms with van der Waals surface area (Å²) in [5.74, 6) is 1.29. The molecule has 136 valence electrons. The lowest BCUT2D eigenvalue weighted by atomic mass is 9.96. The SMILES string of the molecule is C[C@H](Oc1cc(-c2cnc(C(C)(C)C)[nH]2)ncc1C1CC1)C(F)(F)F. The molecular formula is C18H22F3N3O. The van der Waals surface area contributed by atoms with Crippen molar-refractivity contribution in [1.29, 1.82) is 0 Å². The molecule has 0 aromatic carbocycles. The highest BCUT2D eigenvalue weighted by molar-refractivity contribution is 5.58. The highest BCUT2D eigenvalue weighted by Gasteiger charge is 2.39. The summed E-state index contributed by atoms with van der Waals surface area (Å²) in [5.41, 5.74) is 1.78. The fourth-order valence-corrected chi connectivity index (χ4v) is 2.49. The van der Waals surface area contributed by atoms with Crippen molar-refractivity contribution in [3.05, 3.63) is 29.8 Å². The van der Waals surface area contributed by atoms with Gasteiger partial charge in [0.1, 0.15) is 11.6 Å². The number of ether oxygens (including phenoxy) is 1. The zero-order chi connectivity index (χ0) is 18.4. The molecule has 3 rings (SSSR count). The molecule has 0 saturated heterocycles. The predicted molar refractivity (Wildman–Crippen MR) is 88.6 cm³/mol. The number of rotatable bonds is 4. The highest BCUT2D eigenvalue weighted by Crippen LogP contribution is 2.45. The molecule has 1 saturated carbocycles. The Balaban J connectivity index is 1.94. The maximum atomic E-state index is 12.9. The Hall–Kier alpha value is -2.05. The molecule has 1 fully saturated rings. The van der Waals surface area contributed by atoms with Crippen molar-refractivity contribution in [3.63, 3.8) is 0 Å². The summed E-state index contributed by atoms with van der Waals surface area (Å²) in [6, 6.07) is 1.58. The minimum Gasteiger partial charge on any atom is -0.481 e. The first-order chi connectivity index (χ1) is 11.6. The molecule has 25 heavy (non-hydrogen) atoms. The van der Waals surface area contributed by atoms with Gasteiger partial charge in [0.15, 0.2) is 6.10 Å². The number of aromatic nitrogens is 3. The number of aromatic amines is 1. The number of pyridine rings is 1. The Bertz CT molecular complexity index is 758. The first kappa shape index (κ1) is 17.8. The van der Waals surface area contributed by atoms with Gasteiger partial charge in [-0.2, -0.15) is 13.2 Å². The van der Waals surface area contributed by atoms with Crippen molar-refractivity contribution in [1.82, 2.24) is 15.0 Å². The Morgan fingerprint density at radius 2 is 1.84 bits per heavy atom. The van der Waals surface area contributed by atoms with Crippen LogP contribution in [-0.4, -0.2) is 27.2 Å². The number of imidazole rings is 1. The van der Waals surface area contributed by atoms with Crippen LogP contribution in [-0.2, 0) is 5.41 Å². The van der Waals surface area contributed by atoms with Crippen molar-refractivity contribution < 1.29 is 17.9 Å². The van der Waals surface area contributed by atoms with Crippen LogP contribution in [0.15, 0.2) is 18.5 Å². The lowest BCUT2D eigenvalue weighted by Gasteiger charge is -2.20. The molecule has 4 nitrogen and oxygen atoms in total. The second-order valence-electron chi connectivity index (χ2n) is 7.58. The van der Waals surface area contributed by atoms with Crippen LogP contribution < -0.4 is 4.74 Å². The van der Waals surface area contributed by atoms with E-state index in [0.29, 0.717) is 11.4 Å². The monoisotopic (exact) mass is 353 g/mol. The normalized spacial score (nSPS) is 16.8. The van der Waals surface area contributed by atoms with Gasteiger partial charge in [-0.15, -0.1) is 0 Å². The number of halogens is 3. The van der Waals surface area contributed by atoms with Crippen LogP contribution in [0.3, 0.4) is 0 Å². The fraction of sp³-hybridized carbons (Fsp3) is 0.556. The third-order valence-electron chi connectivity index (χ3n) is 4.24. The van der Waals surface area contributed by atoms with E-state index in [2.05, 4.69) is 15.0 Å². The average molecular weight is 353 g/mol. The molecule has 1 atom stereocenters. The summed E-state index contributed by atoms with van der Waals surface area (Å²) in [6.07, 6.45) is -1.09. The van der Waals surface area contributed by atoms with E-state index in [4.69, 9.17) is 4.74 Å². The predicted octanol–water partition coefficient (Wildman–Crippen LogP) is 4.98. The van der Waals surface area contributed by atoms with Gasteiger partial charge in [-0.25, -0.2) is 4.98 Å². The van der Waals surface area contributed by atoms with Gasteiger partial charge in [-0.3, -0.25) is 4.98 Å². The number of H-pyrrole nitrogens is 1. The van der Waals surface area contributed by atoms with E-state index in [0.717, 1.165) is 31.2 Å². The molecule has 7 heteroatoms. The highest BCUT2D eigenvalue weighted by atomic mass is 19.4. The molecular weight excluding hydrogens is 331 g/mol. The lowest BCUT2D eigenvalue weighted by Crippen LogP contribution is -2.31. The van der Waals surface area contributed by atoms with Crippen molar-refractivity contribution in [2.75, 3.05) is 0 Å². The molecule has 2 heterocycles. The second kappa shape index (κ2) is 6.04. The first-order valence-electron chi connectivity index (χ1n) is 8.35. The molecule has 0 spiro atoms. The van der Waals surface area contributed by atoms with E-state index in [1.54, 1.807) is 18.5 Å². The van der Waals surface area contributed by atoms with Crippen molar-refractivity contribution >= 4 is 0 Å². The minimum atomic E-state index is -4.41. The fourth-order valence-electron chi connectivity index (χ4n) is 2.49. The summed E-state index contributed by atoms with van der Waals surface area (Å²) >= 11 is 0. The van der Waals surface area contributed by atoms with E-state index in [9.17, 15) is 13.2 Å². The van der Waals surface area contributed by atoms with E-state index in [1.807, 2.05) is 20.8 Å². The third kappa shape index (κ3) is 3.96. The molecule has 2 aromatic rings. The van der Waals surface area contributed by atoms with Crippen LogP contribution in [0, 0.1) is 0 Å². The number of alkyl halides is 3. The van der Waals surface area contributed by atoms with Gasteiger partial charge in [0.2, 0.25) is 0 Å². The maximum absolute atomic E-state index is 12.9. The van der Waals surface area contributed by atoms with Gasteiger partial charge >= 0.3 is 6.18 Å². The van der Waals surface area contributed by atoms with Crippen LogP contribution in [0.1, 0.15) is 57.8 Å². The van der Waals surface area contributed by atoms with Crippen LogP contribution in [0.4, 0.5) is 13.2 Å². The summed E-state index contributed by atoms with van der Waals surface area (Å²) in [5, 5.41) is 0. The zero-order valence-electron chi connectivity index (χ0n) is 14.7. The Kier molecular flexibility index (Phi) is 4.29. The standard InChI is InChI=1S/C18H22F3N3O/c1-10(18(19,20)21)25-15-7-13(22-8-12(15)11-5-6-11)14-9-23-16(24-14)17(2,3)4/h7-11H,5-6H2,1-4H3,(H,23,24)/t10-/m0/s1. The van der Waals surface area contributed by atoms with Crippen molar-refractivity contribution in [3.8, 4) is 17.1 Å². The van der Waals surface area contributed by atoms with Gasteiger partial charge in [0.05, 0.1) is 17.6 Å². The Labute approximate surface area is 144 Å². The summed E-state index contributed by atoms with van der Waals surface area (Å²) < 4.78 is 43.9. The lowest BCUT2D eigenvalue weighted by molar-refractivity contribution is -0.189. The van der Waals surface area contributed by atoms with Crippen LogP contribution in [0.5, 0.6) is 5.75 Å². The Morgan fingerprint density at radius 3 is 2.36 bits per heavy atom. The van der Waals surface area contributed by atoms with Crippen LogP contribution >= 0.6 is 0 Å². The van der Waals surface area contributed by atoms with E-state index >= 15 is 0 Å². The van der Waals surface area contributed by atoms with Gasteiger partial charge in [-0.05, 0) is 25.7 Å². The second-order valence-corrected chi connectivity index (χ2v) is 7.58.